The molecular weight excluding hydrogens is 508 g/mol. The highest BCUT2D eigenvalue weighted by atomic mass is 16.5. The summed E-state index contributed by atoms with van der Waals surface area (Å²) in [5.74, 6) is 0.244. The van der Waals surface area contributed by atoms with Gasteiger partial charge in [-0.2, -0.15) is 0 Å². The number of hydrogen-bond donors (Lipinski definition) is 5. The van der Waals surface area contributed by atoms with Crippen LogP contribution in [0.3, 0.4) is 0 Å². The third kappa shape index (κ3) is 4.53. The molecular formula is C31H32N4O5. The summed E-state index contributed by atoms with van der Waals surface area (Å²) in [5.41, 5.74) is 6.10. The lowest BCUT2D eigenvalue weighted by atomic mass is 9.91. The Morgan fingerprint density at radius 2 is 1.68 bits per heavy atom. The number of H-pyrrole nitrogens is 2. The fourth-order valence-corrected chi connectivity index (χ4v) is 5.80. The topological polar surface area (TPSA) is 121 Å². The van der Waals surface area contributed by atoms with Crippen molar-refractivity contribution in [2.24, 2.45) is 0 Å². The number of rotatable bonds is 8. The molecule has 9 nitrogen and oxygen atoms in total. The van der Waals surface area contributed by atoms with Crippen LogP contribution in [0.15, 0.2) is 66.9 Å². The van der Waals surface area contributed by atoms with Crippen LogP contribution < -0.4 is 20.1 Å². The van der Waals surface area contributed by atoms with Gasteiger partial charge in [-0.3, -0.25) is 15.4 Å². The fraction of sp³-hybridized carbons (Fsp3) is 0.258. The van der Waals surface area contributed by atoms with Crippen LogP contribution in [-0.4, -0.2) is 54.6 Å². The lowest BCUT2D eigenvalue weighted by Crippen LogP contribution is -2.55. The van der Waals surface area contributed by atoms with Crippen LogP contribution in [0.5, 0.6) is 17.2 Å². The number of para-hydroxylation sites is 2. The molecule has 9 heteroatoms. The van der Waals surface area contributed by atoms with Crippen LogP contribution in [0.2, 0.25) is 0 Å². The third-order valence-electron chi connectivity index (χ3n) is 7.73. The maximum atomic E-state index is 13.0. The summed E-state index contributed by atoms with van der Waals surface area (Å²) < 4.78 is 16.1. The molecule has 3 atom stereocenters. The first-order chi connectivity index (χ1) is 19.5. The number of esters is 1. The van der Waals surface area contributed by atoms with E-state index in [1.165, 1.54) is 21.3 Å². The van der Waals surface area contributed by atoms with Gasteiger partial charge in [0, 0.05) is 46.5 Å². The number of carbonyl (C=O) groups is 1. The molecule has 5 aromatic rings. The van der Waals surface area contributed by atoms with E-state index in [0.29, 0.717) is 24.3 Å². The van der Waals surface area contributed by atoms with Crippen LogP contribution in [-0.2, 0) is 22.4 Å². The van der Waals surface area contributed by atoms with Crippen molar-refractivity contribution in [2.45, 2.75) is 31.1 Å². The Labute approximate surface area is 231 Å². The largest absolute Gasteiger partial charge is 0.502 e. The quantitative estimate of drug-likeness (QED) is 0.186. The molecule has 0 unspecified atom stereocenters. The van der Waals surface area contributed by atoms with E-state index in [2.05, 4.69) is 32.7 Å². The van der Waals surface area contributed by atoms with Gasteiger partial charge in [0.25, 0.3) is 0 Å². The summed E-state index contributed by atoms with van der Waals surface area (Å²) in [6.07, 6.45) is 2.79. The number of methoxy groups -OCH3 is 3. The summed E-state index contributed by atoms with van der Waals surface area (Å²) in [6.45, 7) is 0. The zero-order chi connectivity index (χ0) is 27.8. The van der Waals surface area contributed by atoms with E-state index in [1.54, 1.807) is 12.1 Å². The van der Waals surface area contributed by atoms with Crippen molar-refractivity contribution in [1.29, 1.82) is 0 Å². The van der Waals surface area contributed by atoms with Crippen LogP contribution in [0, 0.1) is 0 Å². The number of ether oxygens (including phenoxy) is 3. The molecule has 3 heterocycles. The number of carbonyl (C=O) groups excluding carboxylic acids is 1. The van der Waals surface area contributed by atoms with Gasteiger partial charge in [-0.15, -0.1) is 0 Å². The van der Waals surface area contributed by atoms with Gasteiger partial charge in [0.1, 0.15) is 6.04 Å². The Bertz CT molecular complexity index is 1660. The number of aromatic amines is 2. The second kappa shape index (κ2) is 10.6. The minimum absolute atomic E-state index is 0.0550. The number of aromatic hydroxyl groups is 1. The Balaban J connectivity index is 1.38. The molecule has 3 aromatic carbocycles. The average molecular weight is 541 g/mol. The second-order valence-electron chi connectivity index (χ2n) is 10.00. The van der Waals surface area contributed by atoms with E-state index in [9.17, 15) is 9.90 Å². The third-order valence-corrected chi connectivity index (χ3v) is 7.73. The van der Waals surface area contributed by atoms with Gasteiger partial charge < -0.3 is 29.3 Å². The monoisotopic (exact) mass is 540 g/mol. The first-order valence-electron chi connectivity index (χ1n) is 13.2. The number of phenols is 1. The number of nitrogens with one attached hydrogen (secondary N) is 4. The van der Waals surface area contributed by atoms with Crippen molar-refractivity contribution in [2.75, 3.05) is 21.3 Å². The van der Waals surface area contributed by atoms with Gasteiger partial charge in [-0.1, -0.05) is 36.4 Å². The molecule has 40 heavy (non-hydrogen) atoms. The molecule has 206 valence electrons. The Kier molecular flexibility index (Phi) is 6.83. The Morgan fingerprint density at radius 3 is 2.38 bits per heavy atom. The van der Waals surface area contributed by atoms with Crippen molar-refractivity contribution >= 4 is 27.8 Å². The number of hydrogen-bond acceptors (Lipinski definition) is 7. The molecule has 0 aliphatic carbocycles. The molecule has 0 fully saturated rings. The summed E-state index contributed by atoms with van der Waals surface area (Å²) in [6, 6.07) is 18.9. The standard InChI is InChI=1S/C31H32N4O5/c1-38-25-13-17(14-26(39-2)30(25)36)28-29-21(20-9-5-7-11-23(20)34-29)15-27(35-28)33-24(31(37)40-3)12-18-16-32-22-10-6-4-8-19(18)22/h4-11,13-14,16,24,27-28,32-36H,12,15H2,1-3H3/t24-,27-,28+/m0/s1. The van der Waals surface area contributed by atoms with Crippen molar-refractivity contribution < 1.29 is 24.1 Å². The maximum absolute atomic E-state index is 13.0. The van der Waals surface area contributed by atoms with Crippen molar-refractivity contribution in [3.8, 4) is 17.2 Å². The molecule has 0 saturated heterocycles. The normalized spacial score (nSPS) is 17.5. The molecule has 1 aliphatic rings. The van der Waals surface area contributed by atoms with E-state index in [0.717, 1.165) is 44.2 Å². The lowest BCUT2D eigenvalue weighted by molar-refractivity contribution is -0.143. The summed E-state index contributed by atoms with van der Waals surface area (Å²) in [7, 11) is 4.43. The zero-order valence-electron chi connectivity index (χ0n) is 22.6. The smallest absolute Gasteiger partial charge is 0.323 e. The molecule has 0 amide bonds. The van der Waals surface area contributed by atoms with Crippen LogP contribution >= 0.6 is 0 Å². The van der Waals surface area contributed by atoms with E-state index < -0.39 is 6.04 Å². The zero-order valence-corrected chi connectivity index (χ0v) is 22.6. The first-order valence-corrected chi connectivity index (χ1v) is 13.2. The molecule has 1 aliphatic heterocycles. The highest BCUT2D eigenvalue weighted by Gasteiger charge is 2.34. The number of fused-ring (bicyclic) bond motifs is 4. The average Bonchev–Trinajstić information content (AvgIpc) is 3.57. The molecule has 5 N–H and O–H groups in total. The van der Waals surface area contributed by atoms with Crippen molar-refractivity contribution in [1.82, 2.24) is 20.6 Å². The Hall–Kier alpha value is -4.47. The van der Waals surface area contributed by atoms with Gasteiger partial charge >= 0.3 is 5.97 Å². The van der Waals surface area contributed by atoms with E-state index in [-0.39, 0.29) is 23.9 Å². The highest BCUT2D eigenvalue weighted by molar-refractivity contribution is 5.86. The summed E-state index contributed by atoms with van der Waals surface area (Å²) in [5, 5.41) is 20.0. The second-order valence-corrected chi connectivity index (χ2v) is 10.00. The molecule has 0 saturated carbocycles. The van der Waals surface area contributed by atoms with Crippen molar-refractivity contribution in [3.63, 3.8) is 0 Å². The minimum Gasteiger partial charge on any atom is -0.502 e. The number of benzene rings is 3. The predicted octanol–water partition coefficient (Wildman–Crippen LogP) is 4.31. The van der Waals surface area contributed by atoms with Gasteiger partial charge in [-0.25, -0.2) is 0 Å². The maximum Gasteiger partial charge on any atom is 0.323 e. The summed E-state index contributed by atoms with van der Waals surface area (Å²) in [4.78, 5) is 19.9. The minimum atomic E-state index is -0.585. The first kappa shape index (κ1) is 25.8. The highest BCUT2D eigenvalue weighted by Crippen LogP contribution is 2.42. The number of phenolic OH excluding ortho intramolecular Hbond substituents is 1. The van der Waals surface area contributed by atoms with E-state index in [4.69, 9.17) is 14.2 Å². The fourth-order valence-electron chi connectivity index (χ4n) is 5.80. The van der Waals surface area contributed by atoms with Crippen LogP contribution in [0.1, 0.15) is 28.4 Å². The van der Waals surface area contributed by atoms with Crippen LogP contribution in [0.25, 0.3) is 21.8 Å². The lowest BCUT2D eigenvalue weighted by Gasteiger charge is -2.34. The summed E-state index contributed by atoms with van der Waals surface area (Å²) >= 11 is 0. The SMILES string of the molecule is COC(=O)[C@H](Cc1c[nH]c2ccccc12)N[C@@H]1Cc2c([nH]c3ccccc23)[C@@H](c2cc(OC)c(O)c(OC)c2)N1. The molecule has 6 rings (SSSR count). The number of aromatic nitrogens is 2. The molecule has 0 spiro atoms. The molecule has 2 aromatic heterocycles. The molecule has 0 bridgehead atoms. The van der Waals surface area contributed by atoms with Gasteiger partial charge in [-0.05, 0) is 41.0 Å². The van der Waals surface area contributed by atoms with Gasteiger partial charge in [0.05, 0.1) is 33.5 Å². The van der Waals surface area contributed by atoms with Gasteiger partial charge in [0.2, 0.25) is 5.75 Å². The van der Waals surface area contributed by atoms with E-state index >= 15 is 0 Å². The Morgan fingerprint density at radius 1 is 1.00 bits per heavy atom. The predicted molar refractivity (Wildman–Crippen MR) is 153 cm³/mol. The van der Waals surface area contributed by atoms with Crippen LogP contribution in [0.4, 0.5) is 0 Å². The van der Waals surface area contributed by atoms with Gasteiger partial charge in [0.15, 0.2) is 11.5 Å². The van der Waals surface area contributed by atoms with E-state index in [1.807, 2.05) is 42.6 Å². The molecule has 0 radical (unpaired) electrons. The van der Waals surface area contributed by atoms with Crippen molar-refractivity contribution in [3.05, 3.63) is 89.2 Å².